The molecule has 5 nitrogen and oxygen atoms in total. The van der Waals surface area contributed by atoms with Gasteiger partial charge < -0.3 is 5.32 Å². The first-order chi connectivity index (χ1) is 12.3. The number of halogens is 3. The van der Waals surface area contributed by atoms with Crippen LogP contribution in [-0.4, -0.2) is 30.6 Å². The van der Waals surface area contributed by atoms with Crippen LogP contribution < -0.4 is 5.32 Å². The van der Waals surface area contributed by atoms with Gasteiger partial charge in [-0.1, -0.05) is 12.1 Å². The van der Waals surface area contributed by atoms with Gasteiger partial charge in [0.1, 0.15) is 5.69 Å². The van der Waals surface area contributed by atoms with Crippen LogP contribution in [0.15, 0.2) is 47.5 Å². The molecule has 9 heteroatoms. The number of carbonyl (C=O) groups excluding carboxylic acids is 1. The molecule has 0 saturated carbocycles. The number of aromatic nitrogens is 1. The van der Waals surface area contributed by atoms with E-state index in [9.17, 15) is 26.4 Å². The van der Waals surface area contributed by atoms with E-state index in [0.29, 0.717) is 6.20 Å². The lowest BCUT2D eigenvalue weighted by atomic mass is 10.2. The first kappa shape index (κ1) is 20.9. The number of amides is 1. The Labute approximate surface area is 155 Å². The Kier molecular flexibility index (Phi) is 5.65. The molecule has 1 heterocycles. The van der Waals surface area contributed by atoms with Crippen molar-refractivity contribution in [2.75, 3.05) is 6.54 Å². The van der Waals surface area contributed by atoms with E-state index in [1.54, 1.807) is 19.1 Å². The predicted octanol–water partition coefficient (Wildman–Crippen LogP) is 3.39. The number of carbonyl (C=O) groups is 1. The minimum Gasteiger partial charge on any atom is -0.349 e. The van der Waals surface area contributed by atoms with Crippen molar-refractivity contribution in [2.45, 2.75) is 36.6 Å². The third kappa shape index (κ3) is 4.65. The van der Waals surface area contributed by atoms with Crippen LogP contribution in [-0.2, 0) is 16.0 Å². The Balaban J connectivity index is 2.13. The number of pyridine rings is 1. The molecule has 0 saturated heterocycles. The van der Waals surface area contributed by atoms with Crippen molar-refractivity contribution >= 4 is 15.7 Å². The normalized spacial score (nSPS) is 12.7. The zero-order valence-corrected chi connectivity index (χ0v) is 15.8. The van der Waals surface area contributed by atoms with Crippen LogP contribution in [0.2, 0.25) is 0 Å². The maximum Gasteiger partial charge on any atom is 0.417 e. The molecular formula is C18H19F3N2O3S. The van der Waals surface area contributed by atoms with Crippen molar-refractivity contribution in [3.05, 3.63) is 59.4 Å². The fourth-order valence-corrected chi connectivity index (χ4v) is 3.78. The second-order valence-corrected chi connectivity index (χ2v) is 9.28. The molecule has 0 bridgehead atoms. The zero-order valence-electron chi connectivity index (χ0n) is 15.0. The van der Waals surface area contributed by atoms with Gasteiger partial charge in [0, 0.05) is 12.7 Å². The molecule has 0 aliphatic heterocycles. The first-order valence-electron chi connectivity index (χ1n) is 7.97. The summed E-state index contributed by atoms with van der Waals surface area (Å²) in [5.41, 5.74) is -0.418. The smallest absolute Gasteiger partial charge is 0.349 e. The van der Waals surface area contributed by atoms with Crippen LogP contribution in [0.25, 0.3) is 0 Å². The number of rotatable bonds is 5. The number of nitrogens with one attached hydrogen (secondary N) is 1. The number of alkyl halides is 3. The monoisotopic (exact) mass is 400 g/mol. The lowest BCUT2D eigenvalue weighted by Gasteiger charge is -2.25. The molecule has 1 N–H and O–H groups in total. The fourth-order valence-electron chi connectivity index (χ4n) is 2.28. The highest BCUT2D eigenvalue weighted by Crippen LogP contribution is 2.28. The summed E-state index contributed by atoms with van der Waals surface area (Å²) in [6.07, 6.45) is -3.99. The molecule has 1 amide bonds. The lowest BCUT2D eigenvalue weighted by molar-refractivity contribution is -0.137. The van der Waals surface area contributed by atoms with Gasteiger partial charge in [0.15, 0.2) is 9.84 Å². The second-order valence-electron chi connectivity index (χ2n) is 6.69. The number of benzene rings is 1. The van der Waals surface area contributed by atoms with Gasteiger partial charge in [-0.05, 0) is 50.6 Å². The standard InChI is InChI=1S/C18H19F3N2O3S/c1-12-5-4-6-14(9-12)27(25,26)17(2,3)11-23-16(24)15-8-7-13(10-22-15)18(19,20)21/h4-10H,11H2,1-3H3,(H,23,24). The van der Waals surface area contributed by atoms with E-state index in [0.717, 1.165) is 17.7 Å². The Morgan fingerprint density at radius 1 is 1.15 bits per heavy atom. The number of hydrogen-bond acceptors (Lipinski definition) is 4. The van der Waals surface area contributed by atoms with Crippen molar-refractivity contribution in [3.63, 3.8) is 0 Å². The SMILES string of the molecule is Cc1cccc(S(=O)(=O)C(C)(C)CNC(=O)c2ccc(C(F)(F)F)cn2)c1. The highest BCUT2D eigenvalue weighted by atomic mass is 32.2. The quantitative estimate of drug-likeness (QED) is 0.835. The number of aryl methyl sites for hydroxylation is 1. The molecule has 0 fully saturated rings. The summed E-state index contributed by atoms with van der Waals surface area (Å²) in [7, 11) is -3.75. The van der Waals surface area contributed by atoms with Crippen molar-refractivity contribution in [1.82, 2.24) is 10.3 Å². The Hall–Kier alpha value is -2.42. The summed E-state index contributed by atoms with van der Waals surface area (Å²) in [6, 6.07) is 8.10. The average molecular weight is 400 g/mol. The maximum atomic E-state index is 12.8. The molecule has 0 aliphatic rings. The largest absolute Gasteiger partial charge is 0.417 e. The highest BCUT2D eigenvalue weighted by molar-refractivity contribution is 7.92. The fraction of sp³-hybridized carbons (Fsp3) is 0.333. The van der Waals surface area contributed by atoms with E-state index >= 15 is 0 Å². The van der Waals surface area contributed by atoms with Gasteiger partial charge in [-0.25, -0.2) is 8.42 Å². The highest BCUT2D eigenvalue weighted by Gasteiger charge is 2.36. The molecule has 146 valence electrons. The van der Waals surface area contributed by atoms with Crippen LogP contribution in [0.1, 0.15) is 35.5 Å². The van der Waals surface area contributed by atoms with Crippen molar-refractivity contribution in [3.8, 4) is 0 Å². The number of sulfone groups is 1. The molecule has 2 aromatic rings. The Morgan fingerprint density at radius 3 is 2.33 bits per heavy atom. The van der Waals surface area contributed by atoms with Crippen molar-refractivity contribution < 1.29 is 26.4 Å². The Bertz CT molecular complexity index is 937. The minimum absolute atomic E-state index is 0.134. The van der Waals surface area contributed by atoms with E-state index in [-0.39, 0.29) is 17.1 Å². The minimum atomic E-state index is -4.55. The third-order valence-corrected chi connectivity index (χ3v) is 6.50. The number of hydrogen-bond donors (Lipinski definition) is 1. The second kappa shape index (κ2) is 7.30. The molecule has 27 heavy (non-hydrogen) atoms. The molecule has 1 aromatic heterocycles. The summed E-state index contributed by atoms with van der Waals surface area (Å²) in [5.74, 6) is -0.753. The van der Waals surface area contributed by atoms with E-state index in [4.69, 9.17) is 0 Å². The molecule has 0 atom stereocenters. The van der Waals surface area contributed by atoms with Gasteiger partial charge in [-0.2, -0.15) is 13.2 Å². The van der Waals surface area contributed by atoms with Gasteiger partial charge in [0.25, 0.3) is 5.91 Å². The molecule has 0 spiro atoms. The lowest BCUT2D eigenvalue weighted by Crippen LogP contribution is -2.44. The maximum absolute atomic E-state index is 12.8. The summed E-state index contributed by atoms with van der Waals surface area (Å²) >= 11 is 0. The van der Waals surface area contributed by atoms with Crippen molar-refractivity contribution in [2.24, 2.45) is 0 Å². The molecule has 1 aromatic carbocycles. The molecule has 0 unspecified atom stereocenters. The molecule has 2 rings (SSSR count). The summed E-state index contributed by atoms with van der Waals surface area (Å²) < 4.78 is 61.9. The summed E-state index contributed by atoms with van der Waals surface area (Å²) in [4.78, 5) is 15.8. The van der Waals surface area contributed by atoms with Crippen LogP contribution in [0.4, 0.5) is 13.2 Å². The molecule has 0 radical (unpaired) electrons. The van der Waals surface area contributed by atoms with E-state index in [1.165, 1.54) is 26.0 Å². The van der Waals surface area contributed by atoms with Gasteiger partial charge in [-0.3, -0.25) is 9.78 Å². The van der Waals surface area contributed by atoms with E-state index < -0.39 is 32.2 Å². The third-order valence-electron chi connectivity index (χ3n) is 4.03. The van der Waals surface area contributed by atoms with Gasteiger partial charge in [0.2, 0.25) is 0 Å². The van der Waals surface area contributed by atoms with Crippen molar-refractivity contribution in [1.29, 1.82) is 0 Å². The molecular weight excluding hydrogens is 381 g/mol. The van der Waals surface area contributed by atoms with Crippen LogP contribution in [0, 0.1) is 6.92 Å². The van der Waals surface area contributed by atoms with Crippen LogP contribution >= 0.6 is 0 Å². The zero-order chi connectivity index (χ0) is 20.5. The number of nitrogens with zero attached hydrogens (tertiary/aromatic N) is 1. The van der Waals surface area contributed by atoms with Crippen LogP contribution in [0.3, 0.4) is 0 Å². The topological polar surface area (TPSA) is 76.1 Å². The molecule has 0 aliphatic carbocycles. The van der Waals surface area contributed by atoms with Gasteiger partial charge in [-0.15, -0.1) is 0 Å². The summed E-state index contributed by atoms with van der Waals surface area (Å²) in [5, 5.41) is 2.43. The Morgan fingerprint density at radius 2 is 1.81 bits per heavy atom. The first-order valence-corrected chi connectivity index (χ1v) is 9.46. The van der Waals surface area contributed by atoms with Gasteiger partial charge >= 0.3 is 6.18 Å². The van der Waals surface area contributed by atoms with E-state index in [1.807, 2.05) is 0 Å². The predicted molar refractivity (Wildman–Crippen MR) is 94.0 cm³/mol. The van der Waals surface area contributed by atoms with E-state index in [2.05, 4.69) is 10.3 Å². The average Bonchev–Trinajstić information content (AvgIpc) is 2.59. The summed E-state index contributed by atoms with van der Waals surface area (Å²) in [6.45, 7) is 4.46. The van der Waals surface area contributed by atoms with Gasteiger partial charge in [0.05, 0.1) is 15.2 Å². The van der Waals surface area contributed by atoms with Crippen LogP contribution in [0.5, 0.6) is 0 Å².